The second-order valence-corrected chi connectivity index (χ2v) is 8.58. The number of benzene rings is 1. The third-order valence-corrected chi connectivity index (χ3v) is 5.25. The zero-order valence-electron chi connectivity index (χ0n) is 12.4. The SMILES string of the molecule is Cc1cccc(C)c1OCC1(CS(=O)(=O)Cl)CCOCC1. The van der Waals surface area contributed by atoms with Crippen LogP contribution < -0.4 is 4.74 Å². The summed E-state index contributed by atoms with van der Waals surface area (Å²) in [6.07, 6.45) is 1.29. The Kier molecular flexibility index (Phi) is 5.17. The fourth-order valence-corrected chi connectivity index (χ4v) is 4.55. The van der Waals surface area contributed by atoms with Gasteiger partial charge in [0.15, 0.2) is 0 Å². The minimum atomic E-state index is -3.57. The summed E-state index contributed by atoms with van der Waals surface area (Å²) in [4.78, 5) is 0. The van der Waals surface area contributed by atoms with E-state index >= 15 is 0 Å². The summed E-state index contributed by atoms with van der Waals surface area (Å²) in [5.74, 6) is 0.755. The van der Waals surface area contributed by atoms with Gasteiger partial charge in [0.2, 0.25) is 9.05 Å². The lowest BCUT2D eigenvalue weighted by Gasteiger charge is -2.36. The second-order valence-electron chi connectivity index (χ2n) is 5.81. The number of aryl methyl sites for hydroxylation is 2. The lowest BCUT2D eigenvalue weighted by atomic mass is 9.83. The molecule has 0 saturated carbocycles. The lowest BCUT2D eigenvalue weighted by molar-refractivity contribution is 0.00205. The number of hydrogen-bond donors (Lipinski definition) is 0. The molecule has 1 saturated heterocycles. The maximum atomic E-state index is 11.5. The molecule has 0 unspecified atom stereocenters. The van der Waals surface area contributed by atoms with Gasteiger partial charge >= 0.3 is 0 Å². The molecule has 0 aromatic heterocycles. The first-order valence-corrected chi connectivity index (χ1v) is 9.48. The summed E-state index contributed by atoms with van der Waals surface area (Å²) in [7, 11) is 1.91. The molecule has 0 N–H and O–H groups in total. The molecule has 0 spiro atoms. The van der Waals surface area contributed by atoms with Crippen LogP contribution in [-0.4, -0.2) is 34.0 Å². The minimum absolute atomic E-state index is 0.0736. The summed E-state index contributed by atoms with van der Waals surface area (Å²) in [6.45, 7) is 5.40. The lowest BCUT2D eigenvalue weighted by Crippen LogP contribution is -2.40. The highest BCUT2D eigenvalue weighted by atomic mass is 35.7. The zero-order valence-corrected chi connectivity index (χ0v) is 14.0. The zero-order chi connectivity index (χ0) is 15.5. The van der Waals surface area contributed by atoms with Crippen LogP contribution in [0.25, 0.3) is 0 Å². The van der Waals surface area contributed by atoms with Crippen LogP contribution in [0.2, 0.25) is 0 Å². The Hall–Kier alpha value is -0.780. The number of halogens is 1. The van der Waals surface area contributed by atoms with E-state index in [2.05, 4.69) is 0 Å². The first kappa shape index (κ1) is 16.6. The summed E-state index contributed by atoms with van der Waals surface area (Å²) < 4.78 is 34.4. The van der Waals surface area contributed by atoms with Crippen LogP contribution in [0.15, 0.2) is 18.2 Å². The Morgan fingerprint density at radius 2 is 1.81 bits per heavy atom. The summed E-state index contributed by atoms with van der Waals surface area (Å²) in [5.41, 5.74) is 1.63. The van der Waals surface area contributed by atoms with Crippen molar-refractivity contribution in [2.24, 2.45) is 5.41 Å². The van der Waals surface area contributed by atoms with E-state index in [4.69, 9.17) is 20.2 Å². The fraction of sp³-hybridized carbons (Fsp3) is 0.600. The van der Waals surface area contributed by atoms with Crippen molar-refractivity contribution in [2.45, 2.75) is 26.7 Å². The highest BCUT2D eigenvalue weighted by Gasteiger charge is 2.38. The average molecular weight is 333 g/mol. The number of rotatable bonds is 5. The molecule has 6 heteroatoms. The molecule has 21 heavy (non-hydrogen) atoms. The topological polar surface area (TPSA) is 52.6 Å². The number of ether oxygens (including phenoxy) is 2. The Balaban J connectivity index is 2.16. The molecule has 1 aliphatic rings. The fourth-order valence-electron chi connectivity index (χ4n) is 2.75. The van der Waals surface area contributed by atoms with Crippen LogP contribution in [0.5, 0.6) is 5.75 Å². The molecule has 1 aliphatic heterocycles. The predicted octanol–water partition coefficient (Wildman–Crippen LogP) is 3.05. The van der Waals surface area contributed by atoms with E-state index in [0.717, 1.165) is 16.9 Å². The first-order valence-electron chi connectivity index (χ1n) is 7.00. The summed E-state index contributed by atoms with van der Waals surface area (Å²) in [6, 6.07) is 5.94. The molecule has 1 aromatic rings. The van der Waals surface area contributed by atoms with Gasteiger partial charge < -0.3 is 9.47 Å². The van der Waals surface area contributed by atoms with Gasteiger partial charge in [-0.1, -0.05) is 18.2 Å². The molecule has 0 radical (unpaired) electrons. The van der Waals surface area contributed by atoms with Gasteiger partial charge in [0.25, 0.3) is 0 Å². The van der Waals surface area contributed by atoms with Crippen molar-refractivity contribution in [1.29, 1.82) is 0 Å². The molecule has 118 valence electrons. The van der Waals surface area contributed by atoms with Crippen molar-refractivity contribution in [2.75, 3.05) is 25.6 Å². The average Bonchev–Trinajstić information content (AvgIpc) is 2.37. The smallest absolute Gasteiger partial charge is 0.233 e. The normalized spacial score (nSPS) is 18.4. The van der Waals surface area contributed by atoms with Crippen molar-refractivity contribution in [3.05, 3.63) is 29.3 Å². The number of para-hydroxylation sites is 1. The van der Waals surface area contributed by atoms with Gasteiger partial charge in [0.05, 0.1) is 12.4 Å². The van der Waals surface area contributed by atoms with E-state index in [0.29, 0.717) is 32.7 Å². The second kappa shape index (κ2) is 6.55. The van der Waals surface area contributed by atoms with E-state index in [1.807, 2.05) is 32.0 Å². The van der Waals surface area contributed by atoms with Crippen LogP contribution in [-0.2, 0) is 13.8 Å². The molecule has 2 rings (SSSR count). The molecule has 0 atom stereocenters. The van der Waals surface area contributed by atoms with Crippen molar-refractivity contribution in [3.8, 4) is 5.75 Å². The Labute approximate surface area is 130 Å². The van der Waals surface area contributed by atoms with Gasteiger partial charge in [0, 0.05) is 29.3 Å². The van der Waals surface area contributed by atoms with E-state index in [1.165, 1.54) is 0 Å². The standard InChI is InChI=1S/C15H21ClO4S/c1-12-4-3-5-13(2)14(12)20-10-15(11-21(16,17)18)6-8-19-9-7-15/h3-5H,6-11H2,1-2H3. The van der Waals surface area contributed by atoms with E-state index in [1.54, 1.807) is 0 Å². The highest BCUT2D eigenvalue weighted by molar-refractivity contribution is 8.13. The van der Waals surface area contributed by atoms with Gasteiger partial charge in [-0.15, -0.1) is 0 Å². The molecule has 0 bridgehead atoms. The minimum Gasteiger partial charge on any atom is -0.492 e. The van der Waals surface area contributed by atoms with Gasteiger partial charge in [0.1, 0.15) is 5.75 Å². The summed E-state index contributed by atoms with van der Waals surface area (Å²) >= 11 is 0. The molecular formula is C15H21ClO4S. The molecule has 1 fully saturated rings. The molecule has 1 heterocycles. The Bertz CT molecular complexity index is 571. The third-order valence-electron chi connectivity index (χ3n) is 3.96. The van der Waals surface area contributed by atoms with Crippen LogP contribution in [0.1, 0.15) is 24.0 Å². The quantitative estimate of drug-likeness (QED) is 0.778. The Morgan fingerprint density at radius 3 is 2.33 bits per heavy atom. The maximum Gasteiger partial charge on any atom is 0.233 e. The number of hydrogen-bond acceptors (Lipinski definition) is 4. The molecule has 1 aromatic carbocycles. The Morgan fingerprint density at radius 1 is 1.24 bits per heavy atom. The van der Waals surface area contributed by atoms with Crippen LogP contribution in [0, 0.1) is 19.3 Å². The molecule has 4 nitrogen and oxygen atoms in total. The van der Waals surface area contributed by atoms with E-state index in [-0.39, 0.29) is 5.75 Å². The van der Waals surface area contributed by atoms with Gasteiger partial charge in [-0.2, -0.15) is 0 Å². The first-order chi connectivity index (χ1) is 9.81. The van der Waals surface area contributed by atoms with Gasteiger partial charge in [-0.05, 0) is 37.8 Å². The predicted molar refractivity (Wildman–Crippen MR) is 83.5 cm³/mol. The van der Waals surface area contributed by atoms with Gasteiger partial charge in [-0.25, -0.2) is 8.42 Å². The largest absolute Gasteiger partial charge is 0.492 e. The monoisotopic (exact) mass is 332 g/mol. The summed E-state index contributed by atoms with van der Waals surface area (Å²) in [5, 5.41) is 0. The molecular weight excluding hydrogens is 312 g/mol. The van der Waals surface area contributed by atoms with Crippen molar-refractivity contribution < 1.29 is 17.9 Å². The highest BCUT2D eigenvalue weighted by Crippen LogP contribution is 2.35. The van der Waals surface area contributed by atoms with Crippen LogP contribution in [0.4, 0.5) is 0 Å². The van der Waals surface area contributed by atoms with E-state index in [9.17, 15) is 8.42 Å². The van der Waals surface area contributed by atoms with E-state index < -0.39 is 14.5 Å². The van der Waals surface area contributed by atoms with Crippen LogP contribution in [0.3, 0.4) is 0 Å². The maximum absolute atomic E-state index is 11.5. The van der Waals surface area contributed by atoms with Gasteiger partial charge in [-0.3, -0.25) is 0 Å². The molecule has 0 aliphatic carbocycles. The van der Waals surface area contributed by atoms with Crippen molar-refractivity contribution in [3.63, 3.8) is 0 Å². The third kappa shape index (κ3) is 4.59. The van der Waals surface area contributed by atoms with Crippen molar-refractivity contribution in [1.82, 2.24) is 0 Å². The molecule has 0 amide bonds. The van der Waals surface area contributed by atoms with Crippen molar-refractivity contribution >= 4 is 19.7 Å². The van der Waals surface area contributed by atoms with Crippen LogP contribution >= 0.6 is 10.7 Å².